The van der Waals surface area contributed by atoms with Crippen LogP contribution in [0.4, 0.5) is 5.69 Å². The maximum absolute atomic E-state index is 12.6. The van der Waals surface area contributed by atoms with Crippen molar-refractivity contribution in [2.75, 3.05) is 5.32 Å². The molecule has 2 aliphatic carbocycles. The SMILES string of the molecule is Cc1cc(C)n(-c2ccc(NC(=O)C3C4CCC(C4)C3N)cn2)n1.Cl.Cl. The minimum absolute atomic E-state index is 0. The highest BCUT2D eigenvalue weighted by Crippen LogP contribution is 2.47. The van der Waals surface area contributed by atoms with Crippen LogP contribution in [0, 0.1) is 31.6 Å². The van der Waals surface area contributed by atoms with Crippen LogP contribution in [0.1, 0.15) is 30.7 Å². The lowest BCUT2D eigenvalue weighted by molar-refractivity contribution is -0.121. The Balaban J connectivity index is 0.00000121. The van der Waals surface area contributed by atoms with Gasteiger partial charge in [0, 0.05) is 11.7 Å². The Morgan fingerprint density at radius 3 is 2.50 bits per heavy atom. The molecule has 2 bridgehead atoms. The molecule has 2 aromatic heterocycles. The summed E-state index contributed by atoms with van der Waals surface area (Å²) in [5.74, 6) is 1.70. The first-order valence-corrected chi connectivity index (χ1v) is 8.59. The van der Waals surface area contributed by atoms with Gasteiger partial charge in [-0.3, -0.25) is 4.79 Å². The van der Waals surface area contributed by atoms with Crippen LogP contribution in [-0.2, 0) is 4.79 Å². The van der Waals surface area contributed by atoms with E-state index in [1.54, 1.807) is 10.9 Å². The van der Waals surface area contributed by atoms with E-state index >= 15 is 0 Å². The quantitative estimate of drug-likeness (QED) is 0.832. The Morgan fingerprint density at radius 1 is 1.23 bits per heavy atom. The number of hydrogen-bond donors (Lipinski definition) is 2. The number of aromatic nitrogens is 3. The molecule has 2 saturated carbocycles. The van der Waals surface area contributed by atoms with E-state index in [0.717, 1.165) is 30.0 Å². The highest BCUT2D eigenvalue weighted by molar-refractivity contribution is 5.93. The molecule has 8 heteroatoms. The lowest BCUT2D eigenvalue weighted by atomic mass is 9.84. The predicted octanol–water partition coefficient (Wildman–Crippen LogP) is 3.04. The molecule has 2 fully saturated rings. The van der Waals surface area contributed by atoms with Crippen LogP contribution in [0.2, 0.25) is 0 Å². The van der Waals surface area contributed by atoms with Gasteiger partial charge in [0.15, 0.2) is 5.82 Å². The molecule has 2 heterocycles. The maximum Gasteiger partial charge on any atom is 0.229 e. The Kier molecular flexibility index (Phi) is 6.32. The fraction of sp³-hybridized carbons (Fsp3) is 0.500. The van der Waals surface area contributed by atoms with Crippen LogP contribution in [-0.4, -0.2) is 26.7 Å². The molecule has 0 aliphatic heterocycles. The van der Waals surface area contributed by atoms with Crippen molar-refractivity contribution in [3.05, 3.63) is 35.8 Å². The van der Waals surface area contributed by atoms with Crippen molar-refractivity contribution < 1.29 is 4.79 Å². The molecule has 4 atom stereocenters. The molecule has 2 aliphatic rings. The monoisotopic (exact) mass is 397 g/mol. The van der Waals surface area contributed by atoms with Crippen LogP contribution in [0.15, 0.2) is 24.4 Å². The van der Waals surface area contributed by atoms with Gasteiger partial charge in [0.1, 0.15) is 0 Å². The molecular formula is C18H25Cl2N5O. The third-order valence-electron chi connectivity index (χ3n) is 5.53. The largest absolute Gasteiger partial charge is 0.327 e. The molecular weight excluding hydrogens is 373 g/mol. The number of nitrogens with zero attached hydrogens (tertiary/aromatic N) is 3. The zero-order chi connectivity index (χ0) is 16.8. The Hall–Kier alpha value is -1.63. The molecule has 142 valence electrons. The van der Waals surface area contributed by atoms with Gasteiger partial charge in [0.05, 0.1) is 23.5 Å². The number of fused-ring (bicyclic) bond motifs is 2. The van der Waals surface area contributed by atoms with Crippen molar-refractivity contribution >= 4 is 36.4 Å². The number of carbonyl (C=O) groups is 1. The van der Waals surface area contributed by atoms with E-state index in [-0.39, 0.29) is 42.7 Å². The summed E-state index contributed by atoms with van der Waals surface area (Å²) >= 11 is 0. The van der Waals surface area contributed by atoms with E-state index in [1.807, 2.05) is 32.0 Å². The van der Waals surface area contributed by atoms with Crippen LogP contribution < -0.4 is 11.1 Å². The molecule has 0 saturated heterocycles. The molecule has 0 aromatic carbocycles. The standard InChI is InChI=1S/C18H23N5O.2ClH/c1-10-7-11(2)23(22-10)15-6-5-14(9-20-15)21-18(24)16-12-3-4-13(8-12)17(16)19;;/h5-7,9,12-13,16-17H,3-4,8,19H2,1-2H3,(H,21,24);2*1H. The number of rotatable bonds is 3. The minimum atomic E-state index is -0.0561. The van der Waals surface area contributed by atoms with Gasteiger partial charge in [-0.1, -0.05) is 0 Å². The number of carbonyl (C=O) groups excluding carboxylic acids is 1. The van der Waals surface area contributed by atoms with E-state index in [2.05, 4.69) is 15.4 Å². The summed E-state index contributed by atoms with van der Waals surface area (Å²) in [7, 11) is 0. The number of nitrogens with one attached hydrogen (secondary N) is 1. The minimum Gasteiger partial charge on any atom is -0.327 e. The van der Waals surface area contributed by atoms with Gasteiger partial charge in [0.2, 0.25) is 5.91 Å². The number of amides is 1. The number of pyridine rings is 1. The highest BCUT2D eigenvalue weighted by atomic mass is 35.5. The van der Waals surface area contributed by atoms with Gasteiger partial charge in [0.25, 0.3) is 0 Å². The second kappa shape index (κ2) is 7.94. The summed E-state index contributed by atoms with van der Waals surface area (Å²) in [6.45, 7) is 3.95. The van der Waals surface area contributed by atoms with E-state index in [4.69, 9.17) is 5.73 Å². The molecule has 3 N–H and O–H groups in total. The van der Waals surface area contributed by atoms with Crippen molar-refractivity contribution in [3.8, 4) is 5.82 Å². The number of anilines is 1. The molecule has 6 nitrogen and oxygen atoms in total. The van der Waals surface area contributed by atoms with Crippen LogP contribution in [0.25, 0.3) is 5.82 Å². The first kappa shape index (κ1) is 20.7. The fourth-order valence-corrected chi connectivity index (χ4v) is 4.40. The van der Waals surface area contributed by atoms with Gasteiger partial charge < -0.3 is 11.1 Å². The molecule has 0 radical (unpaired) electrons. The van der Waals surface area contributed by atoms with Crippen LogP contribution in [0.3, 0.4) is 0 Å². The first-order valence-electron chi connectivity index (χ1n) is 8.59. The van der Waals surface area contributed by atoms with E-state index in [1.165, 1.54) is 6.42 Å². The maximum atomic E-state index is 12.6. The van der Waals surface area contributed by atoms with Gasteiger partial charge in [-0.25, -0.2) is 9.67 Å². The summed E-state index contributed by atoms with van der Waals surface area (Å²) < 4.78 is 1.80. The van der Waals surface area contributed by atoms with E-state index in [9.17, 15) is 4.79 Å². The van der Waals surface area contributed by atoms with Crippen molar-refractivity contribution in [2.45, 2.75) is 39.2 Å². The Morgan fingerprint density at radius 2 is 1.96 bits per heavy atom. The molecule has 26 heavy (non-hydrogen) atoms. The van der Waals surface area contributed by atoms with Crippen LogP contribution >= 0.6 is 24.8 Å². The summed E-state index contributed by atoms with van der Waals surface area (Å²) in [6.07, 6.45) is 5.09. The normalized spacial score (nSPS) is 26.1. The number of halogens is 2. The van der Waals surface area contributed by atoms with Crippen molar-refractivity contribution in [1.29, 1.82) is 0 Å². The average molecular weight is 398 g/mol. The summed E-state index contributed by atoms with van der Waals surface area (Å²) in [5.41, 5.74) is 8.95. The molecule has 1 amide bonds. The lowest BCUT2D eigenvalue weighted by Gasteiger charge is -2.26. The first-order chi connectivity index (χ1) is 11.5. The second-order valence-corrected chi connectivity index (χ2v) is 7.17. The molecule has 4 rings (SSSR count). The summed E-state index contributed by atoms with van der Waals surface area (Å²) in [4.78, 5) is 17.0. The Bertz CT molecular complexity index is 774. The van der Waals surface area contributed by atoms with Crippen molar-refractivity contribution in [1.82, 2.24) is 14.8 Å². The predicted molar refractivity (Wildman–Crippen MR) is 106 cm³/mol. The zero-order valence-electron chi connectivity index (χ0n) is 14.9. The van der Waals surface area contributed by atoms with Gasteiger partial charge in [-0.05, 0) is 63.1 Å². The third kappa shape index (κ3) is 3.59. The number of hydrogen-bond acceptors (Lipinski definition) is 4. The number of nitrogens with two attached hydrogens (primary N) is 1. The third-order valence-corrected chi connectivity index (χ3v) is 5.53. The molecule has 4 unspecified atom stereocenters. The zero-order valence-corrected chi connectivity index (χ0v) is 16.5. The topological polar surface area (TPSA) is 85.8 Å². The van der Waals surface area contributed by atoms with Crippen LogP contribution in [0.5, 0.6) is 0 Å². The molecule has 0 spiro atoms. The Labute approximate surface area is 165 Å². The fourth-order valence-electron chi connectivity index (χ4n) is 4.40. The van der Waals surface area contributed by atoms with Crippen molar-refractivity contribution in [2.24, 2.45) is 23.5 Å². The average Bonchev–Trinajstić information content (AvgIpc) is 3.22. The van der Waals surface area contributed by atoms with Gasteiger partial charge >= 0.3 is 0 Å². The number of aryl methyl sites for hydroxylation is 2. The molecule has 2 aromatic rings. The summed E-state index contributed by atoms with van der Waals surface area (Å²) in [5, 5.41) is 7.41. The highest BCUT2D eigenvalue weighted by Gasteiger charge is 2.49. The summed E-state index contributed by atoms with van der Waals surface area (Å²) in [6, 6.07) is 5.75. The van der Waals surface area contributed by atoms with E-state index < -0.39 is 0 Å². The lowest BCUT2D eigenvalue weighted by Crippen LogP contribution is -2.42. The second-order valence-electron chi connectivity index (χ2n) is 7.17. The van der Waals surface area contributed by atoms with Gasteiger partial charge in [-0.2, -0.15) is 5.10 Å². The van der Waals surface area contributed by atoms with Gasteiger partial charge in [-0.15, -0.1) is 24.8 Å². The van der Waals surface area contributed by atoms with E-state index in [0.29, 0.717) is 17.5 Å². The van der Waals surface area contributed by atoms with Crippen molar-refractivity contribution in [3.63, 3.8) is 0 Å². The smallest absolute Gasteiger partial charge is 0.229 e.